The minimum atomic E-state index is -0.565. The van der Waals surface area contributed by atoms with Crippen molar-refractivity contribution in [2.24, 2.45) is 0 Å². The zero-order chi connectivity index (χ0) is 18.7. The second-order valence-electron chi connectivity index (χ2n) is 6.93. The number of rotatable bonds is 5. The average Bonchev–Trinajstić information content (AvgIpc) is 3.21. The van der Waals surface area contributed by atoms with Crippen LogP contribution in [0.25, 0.3) is 0 Å². The number of piperidine rings is 1. The third-order valence-corrected chi connectivity index (χ3v) is 4.68. The van der Waals surface area contributed by atoms with E-state index in [4.69, 9.17) is 4.42 Å². The number of amides is 2. The second kappa shape index (κ2) is 7.76. The Kier molecular flexibility index (Phi) is 5.44. The molecule has 1 aliphatic heterocycles. The third kappa shape index (κ3) is 4.15. The van der Waals surface area contributed by atoms with Gasteiger partial charge in [-0.1, -0.05) is 0 Å². The third-order valence-electron chi connectivity index (χ3n) is 4.68. The van der Waals surface area contributed by atoms with Crippen molar-refractivity contribution in [3.8, 4) is 0 Å². The quantitative estimate of drug-likeness (QED) is 0.889. The molecule has 140 valence electrons. The van der Waals surface area contributed by atoms with Gasteiger partial charge in [-0.25, -0.2) is 0 Å². The zero-order valence-corrected chi connectivity index (χ0v) is 15.6. The Balaban J connectivity index is 1.59. The van der Waals surface area contributed by atoms with E-state index in [2.05, 4.69) is 10.4 Å². The van der Waals surface area contributed by atoms with Gasteiger partial charge in [-0.2, -0.15) is 5.10 Å². The first kappa shape index (κ1) is 18.2. The Morgan fingerprint density at radius 2 is 1.96 bits per heavy atom. The molecule has 2 amide bonds. The number of aromatic nitrogens is 2. The molecule has 2 aromatic rings. The van der Waals surface area contributed by atoms with Crippen molar-refractivity contribution in [1.82, 2.24) is 20.0 Å². The highest BCUT2D eigenvalue weighted by Gasteiger charge is 2.24. The van der Waals surface area contributed by atoms with E-state index in [1.807, 2.05) is 29.5 Å². The molecule has 7 nitrogen and oxygen atoms in total. The summed E-state index contributed by atoms with van der Waals surface area (Å²) >= 11 is 0. The zero-order valence-electron chi connectivity index (χ0n) is 15.6. The molecule has 7 heteroatoms. The maximum Gasteiger partial charge on any atom is 0.287 e. The smallest absolute Gasteiger partial charge is 0.287 e. The Morgan fingerprint density at radius 1 is 1.23 bits per heavy atom. The molecule has 0 bridgehead atoms. The van der Waals surface area contributed by atoms with Crippen molar-refractivity contribution in [3.05, 3.63) is 41.1 Å². The number of aryl methyl sites for hydroxylation is 2. The van der Waals surface area contributed by atoms with Crippen LogP contribution in [-0.4, -0.2) is 45.6 Å². The SMILES string of the molecule is Cc1cc(C)n(Cc2ccc(C(=O)NC(C)C(=O)N3CCCCC3)o2)n1. The molecule has 3 heterocycles. The van der Waals surface area contributed by atoms with Gasteiger partial charge < -0.3 is 14.6 Å². The molecule has 1 N–H and O–H groups in total. The van der Waals surface area contributed by atoms with E-state index >= 15 is 0 Å². The van der Waals surface area contributed by atoms with Gasteiger partial charge in [0.05, 0.1) is 12.2 Å². The van der Waals surface area contributed by atoms with Crippen LogP contribution < -0.4 is 5.32 Å². The summed E-state index contributed by atoms with van der Waals surface area (Å²) in [5, 5.41) is 7.13. The average molecular weight is 358 g/mol. The summed E-state index contributed by atoms with van der Waals surface area (Å²) in [6.45, 7) is 7.64. The fraction of sp³-hybridized carbons (Fsp3) is 0.526. The Morgan fingerprint density at radius 3 is 2.62 bits per heavy atom. The van der Waals surface area contributed by atoms with Crippen molar-refractivity contribution in [1.29, 1.82) is 0 Å². The molecule has 3 rings (SSSR count). The molecule has 1 fully saturated rings. The van der Waals surface area contributed by atoms with Gasteiger partial charge in [-0.3, -0.25) is 14.3 Å². The summed E-state index contributed by atoms with van der Waals surface area (Å²) in [4.78, 5) is 26.6. The van der Waals surface area contributed by atoms with E-state index in [0.717, 1.165) is 43.7 Å². The molecule has 1 saturated heterocycles. The van der Waals surface area contributed by atoms with Gasteiger partial charge >= 0.3 is 0 Å². The number of nitrogens with one attached hydrogen (secondary N) is 1. The van der Waals surface area contributed by atoms with E-state index in [0.29, 0.717) is 12.3 Å². The molecular formula is C19H26N4O3. The van der Waals surface area contributed by atoms with Gasteiger partial charge in [0.25, 0.3) is 5.91 Å². The van der Waals surface area contributed by atoms with Gasteiger partial charge in [-0.05, 0) is 58.2 Å². The number of hydrogen-bond donors (Lipinski definition) is 1. The highest BCUT2D eigenvalue weighted by atomic mass is 16.4. The molecular weight excluding hydrogens is 332 g/mol. The lowest BCUT2D eigenvalue weighted by atomic mass is 10.1. The Hall–Kier alpha value is -2.57. The van der Waals surface area contributed by atoms with E-state index in [1.54, 1.807) is 19.1 Å². The topological polar surface area (TPSA) is 80.4 Å². The molecule has 0 aliphatic carbocycles. The lowest BCUT2D eigenvalue weighted by molar-refractivity contribution is -0.133. The van der Waals surface area contributed by atoms with Crippen LogP contribution in [0.1, 0.15) is 53.9 Å². The highest BCUT2D eigenvalue weighted by molar-refractivity contribution is 5.95. The first-order chi connectivity index (χ1) is 12.4. The largest absolute Gasteiger partial charge is 0.454 e. The van der Waals surface area contributed by atoms with Crippen molar-refractivity contribution in [2.75, 3.05) is 13.1 Å². The lowest BCUT2D eigenvalue weighted by Gasteiger charge is -2.29. The number of carbonyl (C=O) groups excluding carboxylic acids is 2. The van der Waals surface area contributed by atoms with Crippen LogP contribution in [0, 0.1) is 13.8 Å². The van der Waals surface area contributed by atoms with Crippen LogP contribution in [0.2, 0.25) is 0 Å². The molecule has 0 aromatic carbocycles. The Bertz CT molecular complexity index is 787. The standard InChI is InChI=1S/C19H26N4O3/c1-13-11-14(2)23(21-13)12-16-7-8-17(26-16)18(24)20-15(3)19(25)22-9-5-4-6-10-22/h7-8,11,15H,4-6,9-10,12H2,1-3H3,(H,20,24). The van der Waals surface area contributed by atoms with Gasteiger partial charge in [0.15, 0.2) is 5.76 Å². The normalized spacial score (nSPS) is 15.7. The second-order valence-corrected chi connectivity index (χ2v) is 6.93. The van der Waals surface area contributed by atoms with Crippen LogP contribution in [0.15, 0.2) is 22.6 Å². The number of nitrogens with zero attached hydrogens (tertiary/aromatic N) is 3. The van der Waals surface area contributed by atoms with Crippen molar-refractivity contribution in [3.63, 3.8) is 0 Å². The number of hydrogen-bond acceptors (Lipinski definition) is 4. The van der Waals surface area contributed by atoms with Crippen LogP contribution in [0.5, 0.6) is 0 Å². The van der Waals surface area contributed by atoms with Crippen molar-refractivity contribution >= 4 is 11.8 Å². The van der Waals surface area contributed by atoms with Gasteiger partial charge in [-0.15, -0.1) is 0 Å². The lowest BCUT2D eigenvalue weighted by Crippen LogP contribution is -2.48. The van der Waals surface area contributed by atoms with Crippen LogP contribution in [0.4, 0.5) is 0 Å². The fourth-order valence-electron chi connectivity index (χ4n) is 3.29. The first-order valence-corrected chi connectivity index (χ1v) is 9.13. The predicted octanol–water partition coefficient (Wildman–Crippen LogP) is 2.27. The van der Waals surface area contributed by atoms with Gasteiger partial charge in [0.1, 0.15) is 11.8 Å². The van der Waals surface area contributed by atoms with Gasteiger partial charge in [0.2, 0.25) is 5.91 Å². The molecule has 2 aromatic heterocycles. The fourth-order valence-corrected chi connectivity index (χ4v) is 3.29. The maximum absolute atomic E-state index is 12.4. The Labute approximate surface area is 153 Å². The molecule has 1 aliphatic rings. The van der Waals surface area contributed by atoms with Gasteiger partial charge in [0, 0.05) is 18.8 Å². The van der Waals surface area contributed by atoms with Crippen LogP contribution in [0.3, 0.4) is 0 Å². The molecule has 0 saturated carbocycles. The maximum atomic E-state index is 12.4. The van der Waals surface area contributed by atoms with E-state index in [1.165, 1.54) is 0 Å². The predicted molar refractivity (Wildman–Crippen MR) is 96.9 cm³/mol. The molecule has 26 heavy (non-hydrogen) atoms. The monoisotopic (exact) mass is 358 g/mol. The van der Waals surface area contributed by atoms with Crippen molar-refractivity contribution < 1.29 is 14.0 Å². The van der Waals surface area contributed by atoms with Crippen LogP contribution >= 0.6 is 0 Å². The summed E-state index contributed by atoms with van der Waals surface area (Å²) in [7, 11) is 0. The summed E-state index contributed by atoms with van der Waals surface area (Å²) in [6.07, 6.45) is 3.22. The minimum absolute atomic E-state index is 0.0347. The minimum Gasteiger partial charge on any atom is -0.454 e. The molecule has 0 spiro atoms. The summed E-state index contributed by atoms with van der Waals surface area (Å²) < 4.78 is 7.47. The highest BCUT2D eigenvalue weighted by Crippen LogP contribution is 2.13. The summed E-state index contributed by atoms with van der Waals surface area (Å²) in [6, 6.07) is 4.83. The number of furan rings is 1. The summed E-state index contributed by atoms with van der Waals surface area (Å²) in [5.74, 6) is 0.450. The van der Waals surface area contributed by atoms with Crippen LogP contribution in [-0.2, 0) is 11.3 Å². The molecule has 1 unspecified atom stereocenters. The molecule has 0 radical (unpaired) electrons. The number of carbonyl (C=O) groups is 2. The molecule has 1 atom stereocenters. The summed E-state index contributed by atoms with van der Waals surface area (Å²) in [5.41, 5.74) is 1.97. The first-order valence-electron chi connectivity index (χ1n) is 9.13. The van der Waals surface area contributed by atoms with Crippen molar-refractivity contribution in [2.45, 2.75) is 52.6 Å². The number of likely N-dealkylation sites (tertiary alicyclic amines) is 1. The van der Waals surface area contributed by atoms with E-state index < -0.39 is 6.04 Å². The van der Waals surface area contributed by atoms with E-state index in [-0.39, 0.29) is 17.6 Å². The van der Waals surface area contributed by atoms with E-state index in [9.17, 15) is 9.59 Å².